The van der Waals surface area contributed by atoms with Crippen LogP contribution in [0.15, 0.2) is 24.3 Å². The molecule has 0 saturated heterocycles. The monoisotopic (exact) mass is 294 g/mol. The molecule has 1 aromatic rings. The predicted molar refractivity (Wildman–Crippen MR) is 84.7 cm³/mol. The summed E-state index contributed by atoms with van der Waals surface area (Å²) < 4.78 is 0. The second-order valence-electron chi connectivity index (χ2n) is 5.77. The van der Waals surface area contributed by atoms with Crippen LogP contribution in [0, 0.1) is 5.92 Å². The molecule has 1 aromatic carbocycles. The molecule has 0 unspecified atom stereocenters. The number of nitrogens with one attached hydrogen (secondary N) is 1. The summed E-state index contributed by atoms with van der Waals surface area (Å²) in [4.78, 5) is 14.1. The lowest BCUT2D eigenvalue weighted by Gasteiger charge is -2.25. The summed E-state index contributed by atoms with van der Waals surface area (Å²) in [5.41, 5.74) is 1.82. The zero-order valence-electron chi connectivity index (χ0n) is 12.2. The molecule has 1 aliphatic carbocycles. The number of alkyl halides is 1. The third-order valence-electron chi connectivity index (χ3n) is 3.97. The van der Waals surface area contributed by atoms with Gasteiger partial charge in [-0.2, -0.15) is 0 Å². The van der Waals surface area contributed by atoms with Crippen molar-refractivity contribution in [3.8, 4) is 0 Å². The van der Waals surface area contributed by atoms with Gasteiger partial charge in [0.05, 0.1) is 0 Å². The van der Waals surface area contributed by atoms with Crippen molar-refractivity contribution in [1.82, 2.24) is 5.32 Å². The minimum atomic E-state index is 0.0169. The van der Waals surface area contributed by atoms with Gasteiger partial charge < -0.3 is 10.2 Å². The highest BCUT2D eigenvalue weighted by Crippen LogP contribution is 2.27. The van der Waals surface area contributed by atoms with E-state index in [1.54, 1.807) is 0 Å². The average molecular weight is 295 g/mol. The molecule has 3 nitrogen and oxygen atoms in total. The van der Waals surface area contributed by atoms with Crippen LogP contribution in [0.2, 0.25) is 0 Å². The van der Waals surface area contributed by atoms with Crippen molar-refractivity contribution >= 4 is 23.2 Å². The minimum Gasteiger partial charge on any atom is -0.378 e. The van der Waals surface area contributed by atoms with Crippen LogP contribution in [0.3, 0.4) is 0 Å². The van der Waals surface area contributed by atoms with Crippen LogP contribution in [0.5, 0.6) is 0 Å². The van der Waals surface area contributed by atoms with Crippen molar-refractivity contribution in [2.75, 3.05) is 25.5 Å². The van der Waals surface area contributed by atoms with Gasteiger partial charge in [0.15, 0.2) is 0 Å². The Hall–Kier alpha value is -1.22. The Morgan fingerprint density at radius 2 is 1.80 bits per heavy atom. The largest absolute Gasteiger partial charge is 0.378 e. The molecular formula is C16H23ClN2O. The topological polar surface area (TPSA) is 32.3 Å². The molecule has 0 spiro atoms. The van der Waals surface area contributed by atoms with E-state index in [-0.39, 0.29) is 5.91 Å². The van der Waals surface area contributed by atoms with Crippen LogP contribution < -0.4 is 10.2 Å². The van der Waals surface area contributed by atoms with E-state index < -0.39 is 0 Å². The fraction of sp³-hybridized carbons (Fsp3) is 0.562. The van der Waals surface area contributed by atoms with Crippen molar-refractivity contribution in [2.45, 2.75) is 31.1 Å². The SMILES string of the molecule is CN(C)c1ccc(C(=O)NCC2CCC(Cl)CC2)cc1. The van der Waals surface area contributed by atoms with Gasteiger partial charge in [-0.05, 0) is 55.9 Å². The highest BCUT2D eigenvalue weighted by Gasteiger charge is 2.20. The van der Waals surface area contributed by atoms with E-state index in [1.165, 1.54) is 0 Å². The molecule has 0 heterocycles. The minimum absolute atomic E-state index is 0.0169. The molecule has 0 atom stereocenters. The maximum atomic E-state index is 12.1. The molecule has 1 saturated carbocycles. The number of carbonyl (C=O) groups is 1. The molecule has 0 radical (unpaired) electrons. The van der Waals surface area contributed by atoms with Gasteiger partial charge in [-0.3, -0.25) is 4.79 Å². The molecule has 1 N–H and O–H groups in total. The van der Waals surface area contributed by atoms with Crippen LogP contribution in [0.4, 0.5) is 5.69 Å². The number of hydrogen-bond donors (Lipinski definition) is 1. The quantitative estimate of drug-likeness (QED) is 0.864. The van der Waals surface area contributed by atoms with Gasteiger partial charge in [0.2, 0.25) is 0 Å². The Balaban J connectivity index is 1.82. The Bertz CT molecular complexity index is 436. The van der Waals surface area contributed by atoms with Crippen molar-refractivity contribution in [2.24, 2.45) is 5.92 Å². The highest BCUT2D eigenvalue weighted by molar-refractivity contribution is 6.20. The second kappa shape index (κ2) is 6.98. The molecule has 20 heavy (non-hydrogen) atoms. The Morgan fingerprint density at radius 3 is 2.35 bits per heavy atom. The maximum Gasteiger partial charge on any atom is 0.251 e. The molecule has 0 aliphatic heterocycles. The van der Waals surface area contributed by atoms with Crippen molar-refractivity contribution in [1.29, 1.82) is 0 Å². The summed E-state index contributed by atoms with van der Waals surface area (Å²) >= 11 is 6.09. The summed E-state index contributed by atoms with van der Waals surface area (Å²) in [5, 5.41) is 3.37. The van der Waals surface area contributed by atoms with Gasteiger partial charge in [-0.25, -0.2) is 0 Å². The average Bonchev–Trinajstić information content (AvgIpc) is 2.46. The van der Waals surface area contributed by atoms with Crippen molar-refractivity contribution in [3.05, 3.63) is 29.8 Å². The number of carbonyl (C=O) groups excluding carboxylic acids is 1. The van der Waals surface area contributed by atoms with Crippen LogP contribution in [0.25, 0.3) is 0 Å². The fourth-order valence-corrected chi connectivity index (χ4v) is 2.83. The summed E-state index contributed by atoms with van der Waals surface area (Å²) in [7, 11) is 3.98. The fourth-order valence-electron chi connectivity index (χ4n) is 2.58. The molecule has 0 aromatic heterocycles. The first-order chi connectivity index (χ1) is 9.56. The maximum absolute atomic E-state index is 12.1. The van der Waals surface area contributed by atoms with Crippen LogP contribution >= 0.6 is 11.6 Å². The lowest BCUT2D eigenvalue weighted by molar-refractivity contribution is 0.0944. The molecule has 0 bridgehead atoms. The van der Waals surface area contributed by atoms with E-state index in [9.17, 15) is 4.79 Å². The van der Waals surface area contributed by atoms with E-state index in [2.05, 4.69) is 5.32 Å². The number of hydrogen-bond acceptors (Lipinski definition) is 2. The summed E-state index contributed by atoms with van der Waals surface area (Å²) in [6.07, 6.45) is 4.38. The van der Waals surface area contributed by atoms with E-state index in [1.807, 2.05) is 43.3 Å². The number of anilines is 1. The Labute approximate surface area is 126 Å². The molecule has 110 valence electrons. The lowest BCUT2D eigenvalue weighted by atomic mass is 9.89. The van der Waals surface area contributed by atoms with E-state index in [4.69, 9.17) is 11.6 Å². The number of halogens is 1. The molecule has 1 fully saturated rings. The molecule has 2 rings (SSSR count). The van der Waals surface area contributed by atoms with E-state index >= 15 is 0 Å². The third-order valence-corrected chi connectivity index (χ3v) is 4.41. The summed E-state index contributed by atoms with van der Waals surface area (Å²) in [6.45, 7) is 0.762. The van der Waals surface area contributed by atoms with Crippen molar-refractivity contribution in [3.63, 3.8) is 0 Å². The van der Waals surface area contributed by atoms with Crippen LogP contribution in [0.1, 0.15) is 36.0 Å². The van der Waals surface area contributed by atoms with Gasteiger partial charge in [0.25, 0.3) is 5.91 Å². The van der Waals surface area contributed by atoms with Crippen LogP contribution in [-0.4, -0.2) is 31.9 Å². The summed E-state index contributed by atoms with van der Waals surface area (Å²) in [6, 6.07) is 7.68. The standard InChI is InChI=1S/C16H23ClN2O/c1-19(2)15-9-5-13(6-10-15)16(20)18-11-12-3-7-14(17)8-4-12/h5-6,9-10,12,14H,3-4,7-8,11H2,1-2H3,(H,18,20). The Kier molecular flexibility index (Phi) is 5.30. The normalized spacial score (nSPS) is 22.4. The Morgan fingerprint density at radius 1 is 1.20 bits per heavy atom. The van der Waals surface area contributed by atoms with E-state index in [0.717, 1.165) is 43.5 Å². The first-order valence-corrected chi connectivity index (χ1v) is 7.69. The highest BCUT2D eigenvalue weighted by atomic mass is 35.5. The van der Waals surface area contributed by atoms with Gasteiger partial charge in [0, 0.05) is 37.3 Å². The first kappa shape index (κ1) is 15.2. The smallest absolute Gasteiger partial charge is 0.251 e. The number of nitrogens with zero attached hydrogens (tertiary/aromatic N) is 1. The van der Waals surface area contributed by atoms with Gasteiger partial charge in [-0.1, -0.05) is 0 Å². The molecule has 4 heteroatoms. The van der Waals surface area contributed by atoms with Crippen LogP contribution in [-0.2, 0) is 0 Å². The zero-order chi connectivity index (χ0) is 14.5. The van der Waals surface area contributed by atoms with Crippen molar-refractivity contribution < 1.29 is 4.79 Å². The molecule has 1 aliphatic rings. The number of rotatable bonds is 4. The van der Waals surface area contributed by atoms with E-state index in [0.29, 0.717) is 11.3 Å². The lowest BCUT2D eigenvalue weighted by Crippen LogP contribution is -2.31. The van der Waals surface area contributed by atoms with Gasteiger partial charge >= 0.3 is 0 Å². The number of amides is 1. The zero-order valence-corrected chi connectivity index (χ0v) is 13.0. The predicted octanol–water partition coefficient (Wildman–Crippen LogP) is 3.28. The third kappa shape index (κ3) is 4.14. The first-order valence-electron chi connectivity index (χ1n) is 7.26. The molecular weight excluding hydrogens is 272 g/mol. The summed E-state index contributed by atoms with van der Waals surface area (Å²) in [5.74, 6) is 0.596. The second-order valence-corrected chi connectivity index (χ2v) is 6.39. The number of benzene rings is 1. The molecule has 1 amide bonds. The van der Waals surface area contributed by atoms with Gasteiger partial charge in [0.1, 0.15) is 0 Å². The van der Waals surface area contributed by atoms with Gasteiger partial charge in [-0.15, -0.1) is 11.6 Å².